The molecule has 0 atom stereocenters. The van der Waals surface area contributed by atoms with E-state index in [9.17, 15) is 10.1 Å². The van der Waals surface area contributed by atoms with Crippen molar-refractivity contribution in [3.8, 4) is 17.2 Å². The van der Waals surface area contributed by atoms with E-state index < -0.39 is 0 Å². The fraction of sp³-hybridized carbons (Fsp3) is 0.192. The first-order valence-electron chi connectivity index (χ1n) is 10.8. The predicted molar refractivity (Wildman–Crippen MR) is 125 cm³/mol. The van der Waals surface area contributed by atoms with Crippen LogP contribution < -0.4 is 10.2 Å². The zero-order valence-corrected chi connectivity index (χ0v) is 17.6. The summed E-state index contributed by atoms with van der Waals surface area (Å²) in [6, 6.07) is 25.2. The third kappa shape index (κ3) is 3.81. The van der Waals surface area contributed by atoms with E-state index in [1.165, 1.54) is 0 Å². The van der Waals surface area contributed by atoms with Crippen molar-refractivity contribution in [3.05, 3.63) is 83.9 Å². The Balaban J connectivity index is 1.28. The molecule has 1 saturated heterocycles. The number of fused-ring (bicyclic) bond motifs is 1. The minimum atomic E-state index is -0.101. The van der Waals surface area contributed by atoms with Crippen LogP contribution in [0.2, 0.25) is 0 Å². The molecule has 6 heteroatoms. The van der Waals surface area contributed by atoms with Gasteiger partial charge in [-0.2, -0.15) is 5.26 Å². The van der Waals surface area contributed by atoms with Crippen LogP contribution in [0, 0.1) is 11.3 Å². The summed E-state index contributed by atoms with van der Waals surface area (Å²) in [6.07, 6.45) is 1.69. The Hall–Kier alpha value is -4.11. The van der Waals surface area contributed by atoms with Gasteiger partial charge < -0.3 is 15.2 Å². The van der Waals surface area contributed by atoms with E-state index in [0.717, 1.165) is 54.0 Å². The number of nitrogens with zero attached hydrogens (tertiary/aromatic N) is 3. The number of nitrogens with one attached hydrogen (secondary N) is 2. The number of hydrogen-bond donors (Lipinski definition) is 2. The number of piperidine rings is 1. The molecule has 0 spiro atoms. The smallest absolute Gasteiger partial charge is 0.252 e. The summed E-state index contributed by atoms with van der Waals surface area (Å²) in [7, 11) is 0. The molecule has 1 aliphatic rings. The highest BCUT2D eigenvalue weighted by molar-refractivity contribution is 6.01. The summed E-state index contributed by atoms with van der Waals surface area (Å²) in [5.41, 5.74) is 4.71. The standard InChI is InChI=1S/C26H23N5O/c27-17-18-7-1-2-8-20(18)21-9-3-4-10-22(21)25(32)28-19-13-15-31(16-14-19)26-29-23-11-5-6-12-24(23)30-26/h1-12,19H,13-16H2,(H,28,32)(H,29,30). The topological polar surface area (TPSA) is 84.8 Å². The van der Waals surface area contributed by atoms with Crippen molar-refractivity contribution in [1.82, 2.24) is 15.3 Å². The maximum atomic E-state index is 13.1. The van der Waals surface area contributed by atoms with Crippen LogP contribution in [0.3, 0.4) is 0 Å². The number of imidazole rings is 1. The maximum Gasteiger partial charge on any atom is 0.252 e. The van der Waals surface area contributed by atoms with Gasteiger partial charge in [0.25, 0.3) is 5.91 Å². The van der Waals surface area contributed by atoms with Gasteiger partial charge >= 0.3 is 0 Å². The number of hydrogen-bond acceptors (Lipinski definition) is 4. The molecule has 4 aromatic rings. The van der Waals surface area contributed by atoms with Crippen LogP contribution in [0.4, 0.5) is 5.95 Å². The van der Waals surface area contributed by atoms with Crippen molar-refractivity contribution in [2.45, 2.75) is 18.9 Å². The summed E-state index contributed by atoms with van der Waals surface area (Å²) >= 11 is 0. The second kappa shape index (κ2) is 8.56. The van der Waals surface area contributed by atoms with Crippen LogP contribution in [0.5, 0.6) is 0 Å². The molecule has 1 amide bonds. The van der Waals surface area contributed by atoms with Gasteiger partial charge in [-0.15, -0.1) is 0 Å². The van der Waals surface area contributed by atoms with Crippen molar-refractivity contribution in [1.29, 1.82) is 5.26 Å². The van der Waals surface area contributed by atoms with E-state index in [1.807, 2.05) is 66.7 Å². The van der Waals surface area contributed by atoms with Crippen molar-refractivity contribution in [2.75, 3.05) is 18.0 Å². The first-order chi connectivity index (χ1) is 15.7. The van der Waals surface area contributed by atoms with Gasteiger partial charge in [-0.3, -0.25) is 4.79 Å². The van der Waals surface area contributed by atoms with Gasteiger partial charge in [0.1, 0.15) is 0 Å². The largest absolute Gasteiger partial charge is 0.349 e. The molecule has 32 heavy (non-hydrogen) atoms. The van der Waals surface area contributed by atoms with Crippen molar-refractivity contribution in [2.24, 2.45) is 0 Å². The fourth-order valence-electron chi connectivity index (χ4n) is 4.32. The van der Waals surface area contributed by atoms with E-state index in [4.69, 9.17) is 0 Å². The summed E-state index contributed by atoms with van der Waals surface area (Å²) in [4.78, 5) is 23.5. The molecule has 2 heterocycles. The minimum Gasteiger partial charge on any atom is -0.349 e. The molecule has 2 N–H and O–H groups in total. The SMILES string of the molecule is N#Cc1ccccc1-c1ccccc1C(=O)NC1CCN(c2nc3ccccc3[nH]2)CC1. The van der Waals surface area contributed by atoms with Crippen LogP contribution in [0.25, 0.3) is 22.2 Å². The molecule has 0 saturated carbocycles. The van der Waals surface area contributed by atoms with Crippen molar-refractivity contribution in [3.63, 3.8) is 0 Å². The molecule has 0 unspecified atom stereocenters. The third-order valence-electron chi connectivity index (χ3n) is 6.02. The predicted octanol–water partition coefficient (Wildman–Crippen LogP) is 4.50. The lowest BCUT2D eigenvalue weighted by Crippen LogP contribution is -2.45. The van der Waals surface area contributed by atoms with Gasteiger partial charge in [0.05, 0.1) is 22.7 Å². The average molecular weight is 422 g/mol. The van der Waals surface area contributed by atoms with Gasteiger partial charge in [-0.25, -0.2) is 4.98 Å². The summed E-state index contributed by atoms with van der Waals surface area (Å²) in [5, 5.41) is 12.7. The quantitative estimate of drug-likeness (QED) is 0.508. The second-order valence-corrected chi connectivity index (χ2v) is 8.02. The molecule has 0 bridgehead atoms. The highest BCUT2D eigenvalue weighted by Crippen LogP contribution is 2.27. The number of aromatic amines is 1. The van der Waals surface area contributed by atoms with Crippen LogP contribution in [-0.2, 0) is 0 Å². The Morgan fingerprint density at radius 3 is 2.44 bits per heavy atom. The van der Waals surface area contributed by atoms with E-state index in [1.54, 1.807) is 6.07 Å². The highest BCUT2D eigenvalue weighted by Gasteiger charge is 2.24. The number of para-hydroxylation sites is 2. The number of carbonyl (C=O) groups excluding carboxylic acids is 1. The number of anilines is 1. The van der Waals surface area contributed by atoms with Crippen molar-refractivity contribution < 1.29 is 4.79 Å². The first kappa shape index (κ1) is 19.8. The molecule has 3 aromatic carbocycles. The molecule has 1 fully saturated rings. The molecule has 6 nitrogen and oxygen atoms in total. The molecule has 0 radical (unpaired) electrons. The Morgan fingerprint density at radius 1 is 0.969 bits per heavy atom. The highest BCUT2D eigenvalue weighted by atomic mass is 16.1. The van der Waals surface area contributed by atoms with Gasteiger partial charge in [-0.1, -0.05) is 48.5 Å². The number of nitriles is 1. The monoisotopic (exact) mass is 421 g/mol. The molecular formula is C26H23N5O. The van der Waals surface area contributed by atoms with Crippen LogP contribution in [-0.4, -0.2) is 35.0 Å². The lowest BCUT2D eigenvalue weighted by Gasteiger charge is -2.32. The summed E-state index contributed by atoms with van der Waals surface area (Å²) in [6.45, 7) is 1.65. The fourth-order valence-corrected chi connectivity index (χ4v) is 4.32. The first-order valence-corrected chi connectivity index (χ1v) is 10.8. The Bertz CT molecular complexity index is 1280. The number of rotatable bonds is 4. The molecule has 1 aliphatic heterocycles. The van der Waals surface area contributed by atoms with Gasteiger partial charge in [-0.05, 0) is 42.7 Å². The number of benzene rings is 3. The second-order valence-electron chi connectivity index (χ2n) is 8.02. The van der Waals surface area contributed by atoms with Crippen LogP contribution in [0.15, 0.2) is 72.8 Å². The molecular weight excluding hydrogens is 398 g/mol. The number of H-pyrrole nitrogens is 1. The average Bonchev–Trinajstić information content (AvgIpc) is 3.29. The zero-order valence-electron chi connectivity index (χ0n) is 17.6. The van der Waals surface area contributed by atoms with E-state index >= 15 is 0 Å². The number of amides is 1. The lowest BCUT2D eigenvalue weighted by atomic mass is 9.95. The minimum absolute atomic E-state index is 0.0994. The van der Waals surface area contributed by atoms with Crippen LogP contribution in [0.1, 0.15) is 28.8 Å². The molecule has 0 aliphatic carbocycles. The Kier molecular flexibility index (Phi) is 5.30. The van der Waals surface area contributed by atoms with Crippen molar-refractivity contribution >= 4 is 22.9 Å². The summed E-state index contributed by atoms with van der Waals surface area (Å²) in [5.74, 6) is 0.782. The number of carbonyl (C=O) groups is 1. The molecule has 1 aromatic heterocycles. The normalized spacial score (nSPS) is 14.3. The Labute approximate surface area is 186 Å². The maximum absolute atomic E-state index is 13.1. The Morgan fingerprint density at radius 2 is 1.66 bits per heavy atom. The van der Waals surface area contributed by atoms with Gasteiger partial charge in [0.2, 0.25) is 5.95 Å². The van der Waals surface area contributed by atoms with Crippen LogP contribution >= 0.6 is 0 Å². The summed E-state index contributed by atoms with van der Waals surface area (Å²) < 4.78 is 0. The van der Waals surface area contributed by atoms with E-state index in [0.29, 0.717) is 11.1 Å². The van der Waals surface area contributed by atoms with E-state index in [2.05, 4.69) is 26.3 Å². The van der Waals surface area contributed by atoms with Gasteiger partial charge in [0.15, 0.2) is 0 Å². The lowest BCUT2D eigenvalue weighted by molar-refractivity contribution is 0.0931. The number of aromatic nitrogens is 2. The third-order valence-corrected chi connectivity index (χ3v) is 6.02. The molecule has 5 rings (SSSR count). The zero-order chi connectivity index (χ0) is 21.9. The van der Waals surface area contributed by atoms with E-state index in [-0.39, 0.29) is 11.9 Å². The molecule has 158 valence electrons. The van der Waals surface area contributed by atoms with Gasteiger partial charge in [0, 0.05) is 30.3 Å².